The molecule has 0 atom stereocenters. The fourth-order valence-corrected chi connectivity index (χ4v) is 5.09. The van der Waals surface area contributed by atoms with E-state index >= 15 is 0 Å². The number of carbonyl (C=O) groups is 1. The van der Waals surface area contributed by atoms with Crippen LogP contribution in [-0.2, 0) is 4.74 Å². The second kappa shape index (κ2) is 9.05. The summed E-state index contributed by atoms with van der Waals surface area (Å²) in [6, 6.07) is 12.9. The number of rotatable bonds is 5. The van der Waals surface area contributed by atoms with Gasteiger partial charge in [0.1, 0.15) is 11.1 Å². The smallest absolute Gasteiger partial charge is 0.349 e. The minimum atomic E-state index is -0.636. The van der Waals surface area contributed by atoms with Crippen molar-refractivity contribution in [3.8, 4) is 0 Å². The SMILES string of the molecule is Cc1ccc2sc(N(CCN3CCOCC3)C(=O)c3cc4ccccc4oc3=O)nc2c1C. The molecule has 2 aromatic heterocycles. The lowest BCUT2D eigenvalue weighted by Crippen LogP contribution is -2.44. The van der Waals surface area contributed by atoms with Gasteiger partial charge in [-0.3, -0.25) is 14.6 Å². The van der Waals surface area contributed by atoms with Crippen LogP contribution in [0, 0.1) is 13.8 Å². The van der Waals surface area contributed by atoms with Crippen LogP contribution in [0.3, 0.4) is 0 Å². The topological polar surface area (TPSA) is 75.9 Å². The maximum atomic E-state index is 13.7. The van der Waals surface area contributed by atoms with Crippen LogP contribution in [0.25, 0.3) is 21.2 Å². The van der Waals surface area contributed by atoms with E-state index in [0.717, 1.165) is 34.4 Å². The Balaban J connectivity index is 1.54. The molecule has 0 radical (unpaired) electrons. The molecule has 1 amide bonds. The highest BCUT2D eigenvalue weighted by atomic mass is 32.1. The number of ether oxygens (including phenoxy) is 1. The van der Waals surface area contributed by atoms with E-state index in [1.807, 2.05) is 25.1 Å². The Hall–Kier alpha value is -3.07. The van der Waals surface area contributed by atoms with Gasteiger partial charge < -0.3 is 9.15 Å². The molecule has 33 heavy (non-hydrogen) atoms. The summed E-state index contributed by atoms with van der Waals surface area (Å²) < 4.78 is 11.9. The number of aryl methyl sites for hydroxylation is 2. The zero-order valence-corrected chi connectivity index (χ0v) is 19.5. The van der Waals surface area contributed by atoms with Crippen molar-refractivity contribution in [3.05, 3.63) is 69.6 Å². The average Bonchev–Trinajstić information content (AvgIpc) is 3.26. The average molecular weight is 464 g/mol. The molecule has 1 aliphatic rings. The maximum Gasteiger partial charge on any atom is 0.349 e. The normalized spacial score (nSPS) is 14.7. The van der Waals surface area contributed by atoms with E-state index < -0.39 is 11.5 Å². The monoisotopic (exact) mass is 463 g/mol. The maximum absolute atomic E-state index is 13.7. The van der Waals surface area contributed by atoms with Crippen molar-refractivity contribution in [2.45, 2.75) is 13.8 Å². The van der Waals surface area contributed by atoms with E-state index in [-0.39, 0.29) is 5.56 Å². The van der Waals surface area contributed by atoms with Gasteiger partial charge in [-0.15, -0.1) is 0 Å². The van der Waals surface area contributed by atoms with Gasteiger partial charge in [-0.2, -0.15) is 0 Å². The molecule has 1 saturated heterocycles. The first-order valence-electron chi connectivity index (χ1n) is 11.0. The molecule has 1 aliphatic heterocycles. The van der Waals surface area contributed by atoms with Crippen LogP contribution in [0.5, 0.6) is 0 Å². The molecule has 0 unspecified atom stereocenters. The number of thiazole rings is 1. The predicted molar refractivity (Wildman–Crippen MR) is 131 cm³/mol. The Morgan fingerprint density at radius 2 is 1.94 bits per heavy atom. The summed E-state index contributed by atoms with van der Waals surface area (Å²) in [5.41, 5.74) is 2.99. The zero-order valence-electron chi connectivity index (χ0n) is 18.7. The molecule has 2 aromatic carbocycles. The van der Waals surface area contributed by atoms with Crippen molar-refractivity contribution in [1.82, 2.24) is 9.88 Å². The zero-order chi connectivity index (χ0) is 22.9. The summed E-state index contributed by atoms with van der Waals surface area (Å²) in [4.78, 5) is 35.1. The van der Waals surface area contributed by atoms with Crippen molar-refractivity contribution in [3.63, 3.8) is 0 Å². The molecular formula is C25H25N3O4S. The highest BCUT2D eigenvalue weighted by Gasteiger charge is 2.26. The largest absolute Gasteiger partial charge is 0.422 e. The lowest BCUT2D eigenvalue weighted by atomic mass is 10.1. The van der Waals surface area contributed by atoms with Gasteiger partial charge in [0.25, 0.3) is 5.91 Å². The van der Waals surface area contributed by atoms with Crippen molar-refractivity contribution >= 4 is 43.6 Å². The van der Waals surface area contributed by atoms with Gasteiger partial charge in [0.05, 0.1) is 23.4 Å². The summed E-state index contributed by atoms with van der Waals surface area (Å²) >= 11 is 1.47. The summed E-state index contributed by atoms with van der Waals surface area (Å²) in [5.74, 6) is -0.392. The molecule has 7 nitrogen and oxygen atoms in total. The number of carbonyl (C=O) groups excluding carboxylic acids is 1. The standard InChI is InChI=1S/C25H25N3O4S/c1-16-7-8-21-22(17(16)2)26-25(33-21)28(10-9-27-11-13-31-14-12-27)23(29)19-15-18-5-3-4-6-20(18)32-24(19)30/h3-8,15H,9-14H2,1-2H3. The molecule has 0 aliphatic carbocycles. The Labute approximate surface area is 195 Å². The van der Waals surface area contributed by atoms with Gasteiger partial charge in [-0.05, 0) is 43.2 Å². The van der Waals surface area contributed by atoms with E-state index in [0.29, 0.717) is 42.4 Å². The number of nitrogens with zero attached hydrogens (tertiary/aromatic N) is 3. The summed E-state index contributed by atoms with van der Waals surface area (Å²) in [6.45, 7) is 8.18. The van der Waals surface area contributed by atoms with Gasteiger partial charge in [0, 0.05) is 31.6 Å². The van der Waals surface area contributed by atoms with E-state index in [9.17, 15) is 9.59 Å². The molecule has 0 spiro atoms. The summed E-state index contributed by atoms with van der Waals surface area (Å²) in [7, 11) is 0. The number of para-hydroxylation sites is 1. The van der Waals surface area contributed by atoms with Gasteiger partial charge in [0.15, 0.2) is 5.13 Å². The lowest BCUT2D eigenvalue weighted by Gasteiger charge is -2.29. The summed E-state index contributed by atoms with van der Waals surface area (Å²) in [5, 5.41) is 1.30. The van der Waals surface area contributed by atoms with Crippen LogP contribution in [0.1, 0.15) is 21.5 Å². The van der Waals surface area contributed by atoms with E-state index in [1.54, 1.807) is 23.1 Å². The third-order valence-corrected chi connectivity index (χ3v) is 7.21. The number of morpholine rings is 1. The molecule has 170 valence electrons. The Morgan fingerprint density at radius 3 is 2.76 bits per heavy atom. The van der Waals surface area contributed by atoms with Crippen LogP contribution in [0.4, 0.5) is 5.13 Å². The molecule has 0 bridgehead atoms. The third-order valence-electron chi connectivity index (χ3n) is 6.16. The van der Waals surface area contributed by atoms with Crippen LogP contribution in [-0.4, -0.2) is 55.2 Å². The number of hydrogen-bond donors (Lipinski definition) is 0. The lowest BCUT2D eigenvalue weighted by molar-refractivity contribution is 0.0391. The number of aromatic nitrogens is 1. The van der Waals surface area contributed by atoms with Crippen LogP contribution >= 0.6 is 11.3 Å². The van der Waals surface area contributed by atoms with Crippen LogP contribution < -0.4 is 10.5 Å². The third kappa shape index (κ3) is 4.29. The Bertz CT molecular complexity index is 1390. The van der Waals surface area contributed by atoms with Crippen molar-refractivity contribution in [2.24, 2.45) is 0 Å². The second-order valence-electron chi connectivity index (χ2n) is 8.25. The van der Waals surface area contributed by atoms with Gasteiger partial charge in [0.2, 0.25) is 0 Å². The van der Waals surface area contributed by atoms with Gasteiger partial charge in [-0.1, -0.05) is 35.6 Å². The fraction of sp³-hybridized carbons (Fsp3) is 0.320. The Morgan fingerprint density at radius 1 is 1.15 bits per heavy atom. The number of hydrogen-bond acceptors (Lipinski definition) is 7. The van der Waals surface area contributed by atoms with E-state index in [1.165, 1.54) is 11.3 Å². The van der Waals surface area contributed by atoms with Crippen molar-refractivity contribution < 1.29 is 13.9 Å². The van der Waals surface area contributed by atoms with E-state index in [4.69, 9.17) is 14.1 Å². The fourth-order valence-electron chi connectivity index (χ4n) is 4.04. The summed E-state index contributed by atoms with van der Waals surface area (Å²) in [6.07, 6.45) is 0. The van der Waals surface area contributed by atoms with Crippen LogP contribution in [0.2, 0.25) is 0 Å². The number of anilines is 1. The first kappa shape index (κ1) is 21.8. The molecular weight excluding hydrogens is 438 g/mol. The van der Waals surface area contributed by atoms with Crippen molar-refractivity contribution in [1.29, 1.82) is 0 Å². The molecule has 0 N–H and O–H groups in total. The molecule has 3 heterocycles. The molecule has 1 fully saturated rings. The highest BCUT2D eigenvalue weighted by molar-refractivity contribution is 7.22. The molecule has 4 aromatic rings. The molecule has 0 saturated carbocycles. The predicted octanol–water partition coefficient (Wildman–Crippen LogP) is 4.00. The number of fused-ring (bicyclic) bond motifs is 2. The van der Waals surface area contributed by atoms with E-state index in [2.05, 4.69) is 17.9 Å². The first-order chi connectivity index (χ1) is 16.0. The number of benzene rings is 2. The minimum absolute atomic E-state index is 0.0165. The van der Waals surface area contributed by atoms with Crippen LogP contribution in [0.15, 0.2) is 51.7 Å². The highest BCUT2D eigenvalue weighted by Crippen LogP contribution is 2.32. The van der Waals surface area contributed by atoms with Gasteiger partial charge >= 0.3 is 5.63 Å². The first-order valence-corrected chi connectivity index (χ1v) is 11.8. The Kier molecular flexibility index (Phi) is 5.97. The van der Waals surface area contributed by atoms with Crippen molar-refractivity contribution in [2.75, 3.05) is 44.3 Å². The molecule has 5 rings (SSSR count). The minimum Gasteiger partial charge on any atom is -0.422 e. The second-order valence-corrected chi connectivity index (χ2v) is 9.26. The quantitative estimate of drug-likeness (QED) is 0.417. The molecule has 8 heteroatoms. The van der Waals surface area contributed by atoms with Gasteiger partial charge in [-0.25, -0.2) is 9.78 Å². The number of amides is 1.